The molecule has 1 amide bonds. The zero-order valence-corrected chi connectivity index (χ0v) is 29.2. The summed E-state index contributed by atoms with van der Waals surface area (Å²) in [5.74, 6) is -0.903. The first kappa shape index (κ1) is 36.2. The number of hydrogen-bond donors (Lipinski definition) is 2. The number of rotatable bonds is 6. The summed E-state index contributed by atoms with van der Waals surface area (Å²) in [6.45, 7) is 3.40. The number of aliphatic hydroxyl groups is 1. The standard InChI is InChI=1S/C26H19N7O7.C9H11NO5/c1-12(2)20-26-32-18(11-40-26)25-30-16(9-39-25)22-27-13(6-36-22)4-3-5-19-28-15(8-35-19)23-31-17(10-38-23)24-29-14(7-37-24)21(34)33-20;1-14-9(13)6(3-11)2-8(12)7-4-15-5-10-7/h3-4,6-12,20H,5H2,1-2H3,(H,33,34);4-6,11H,2-3H2,1H3/b4-3+;. The Labute approximate surface area is 308 Å². The van der Waals surface area contributed by atoms with Gasteiger partial charge in [0.25, 0.3) is 5.91 Å². The highest BCUT2D eigenvalue weighted by Crippen LogP contribution is 2.29. The van der Waals surface area contributed by atoms with E-state index >= 15 is 0 Å². The number of esters is 1. The summed E-state index contributed by atoms with van der Waals surface area (Å²) >= 11 is 0. The van der Waals surface area contributed by atoms with Crippen molar-refractivity contribution >= 4 is 23.7 Å². The first-order chi connectivity index (χ1) is 26.7. The van der Waals surface area contributed by atoms with E-state index in [9.17, 15) is 14.4 Å². The van der Waals surface area contributed by atoms with Crippen LogP contribution in [0.2, 0.25) is 0 Å². The van der Waals surface area contributed by atoms with Gasteiger partial charge >= 0.3 is 5.97 Å². The maximum Gasteiger partial charge on any atom is 0.311 e. The Balaban J connectivity index is 0.000000262. The largest absolute Gasteiger partial charge is 0.469 e. The molecule has 2 unspecified atom stereocenters. The molecule has 0 fully saturated rings. The van der Waals surface area contributed by atoms with E-state index in [1.807, 2.05) is 19.9 Å². The molecule has 7 aromatic rings. The minimum Gasteiger partial charge on any atom is -0.469 e. The number of nitrogens with one attached hydrogen (secondary N) is 1. The number of methoxy groups -OCH3 is 1. The number of aromatic nitrogens is 7. The molecule has 0 aromatic carbocycles. The molecule has 282 valence electrons. The lowest BCUT2D eigenvalue weighted by atomic mass is 10.0. The molecule has 0 saturated heterocycles. The van der Waals surface area contributed by atoms with E-state index in [1.54, 1.807) is 6.08 Å². The summed E-state index contributed by atoms with van der Waals surface area (Å²) in [7, 11) is 1.20. The highest BCUT2D eigenvalue weighted by atomic mass is 16.5. The Morgan fingerprint density at radius 3 is 2.05 bits per heavy atom. The molecule has 2 atom stereocenters. The number of carbonyl (C=O) groups is 3. The number of ether oxygens (including phenoxy) is 1. The molecule has 0 radical (unpaired) electrons. The predicted molar refractivity (Wildman–Crippen MR) is 181 cm³/mol. The molecule has 8 rings (SSSR count). The Bertz CT molecular complexity index is 2430. The predicted octanol–water partition coefficient (Wildman–Crippen LogP) is 5.01. The number of Topliss-reactive ketones (excluding diaryl/α,β-unsaturated/α-hetero) is 1. The lowest BCUT2D eigenvalue weighted by Crippen LogP contribution is -2.32. The van der Waals surface area contributed by atoms with Crippen molar-refractivity contribution < 1.29 is 55.1 Å². The van der Waals surface area contributed by atoms with Crippen molar-refractivity contribution in [3.63, 3.8) is 0 Å². The molecule has 1 aliphatic rings. The number of carbonyl (C=O) groups excluding carboxylic acids is 3. The van der Waals surface area contributed by atoms with Crippen LogP contribution in [-0.2, 0) is 16.0 Å². The maximum absolute atomic E-state index is 13.1. The van der Waals surface area contributed by atoms with Crippen molar-refractivity contribution in [1.29, 1.82) is 0 Å². The molecular formula is C35H30N8O12. The number of hydrogen-bond acceptors (Lipinski definition) is 19. The molecule has 8 heterocycles. The number of ketones is 1. The number of aliphatic hydroxyl groups excluding tert-OH is 1. The van der Waals surface area contributed by atoms with E-state index < -0.39 is 30.4 Å². The molecule has 1 aliphatic heterocycles. The molecule has 20 nitrogen and oxygen atoms in total. The van der Waals surface area contributed by atoms with Crippen LogP contribution in [0, 0.1) is 11.8 Å². The Morgan fingerprint density at radius 1 is 0.800 bits per heavy atom. The summed E-state index contributed by atoms with van der Waals surface area (Å²) in [6.07, 6.45) is 14.5. The van der Waals surface area contributed by atoms with Crippen molar-refractivity contribution in [2.24, 2.45) is 11.8 Å². The highest BCUT2D eigenvalue weighted by Gasteiger charge is 2.28. The first-order valence-corrected chi connectivity index (χ1v) is 16.5. The third-order valence-corrected chi connectivity index (χ3v) is 7.92. The fourth-order valence-corrected chi connectivity index (χ4v) is 5.06. The lowest BCUT2D eigenvalue weighted by Gasteiger charge is -2.18. The first-order valence-electron chi connectivity index (χ1n) is 16.5. The normalized spacial score (nSPS) is 15.0. The van der Waals surface area contributed by atoms with Gasteiger partial charge in [0.1, 0.15) is 61.3 Å². The van der Waals surface area contributed by atoms with Crippen LogP contribution in [-0.4, -0.2) is 71.4 Å². The Kier molecular flexibility index (Phi) is 10.4. The third-order valence-electron chi connectivity index (χ3n) is 7.92. The van der Waals surface area contributed by atoms with Gasteiger partial charge in [0.15, 0.2) is 46.5 Å². The SMILES string of the molecule is CC(C)C1NC(=O)c2coc(n2)-c2coc(n2)-c2coc(n2)C/C=C/c2coc(n2)-c2coc(n2)-c2coc1n2.COC(=O)C(CO)CC(=O)c1cocn1. The van der Waals surface area contributed by atoms with Gasteiger partial charge in [-0.3, -0.25) is 14.4 Å². The minimum atomic E-state index is -0.848. The molecule has 0 spiro atoms. The number of oxazole rings is 7. The monoisotopic (exact) mass is 754 g/mol. The minimum absolute atomic E-state index is 0.0459. The van der Waals surface area contributed by atoms with Crippen LogP contribution in [0.15, 0.2) is 87.2 Å². The lowest BCUT2D eigenvalue weighted by molar-refractivity contribution is -0.146. The van der Waals surface area contributed by atoms with Crippen molar-refractivity contribution in [3.8, 4) is 46.3 Å². The second kappa shape index (κ2) is 15.8. The van der Waals surface area contributed by atoms with Crippen molar-refractivity contribution in [1.82, 2.24) is 40.2 Å². The van der Waals surface area contributed by atoms with Gasteiger partial charge in [-0.1, -0.05) is 19.9 Å². The second-order valence-electron chi connectivity index (χ2n) is 12.1. The van der Waals surface area contributed by atoms with Gasteiger partial charge in [-0.15, -0.1) is 0 Å². The summed E-state index contributed by atoms with van der Waals surface area (Å²) in [5.41, 5.74) is 2.16. The summed E-state index contributed by atoms with van der Waals surface area (Å²) in [5, 5.41) is 11.8. The van der Waals surface area contributed by atoms with Crippen molar-refractivity contribution in [2.75, 3.05) is 13.7 Å². The molecule has 20 heteroatoms. The van der Waals surface area contributed by atoms with Crippen LogP contribution in [0.4, 0.5) is 0 Å². The van der Waals surface area contributed by atoms with Crippen LogP contribution in [0.5, 0.6) is 0 Å². The zero-order valence-electron chi connectivity index (χ0n) is 29.2. The van der Waals surface area contributed by atoms with Crippen LogP contribution in [0.25, 0.3) is 52.4 Å². The molecule has 0 aliphatic carbocycles. The average Bonchev–Trinajstić information content (AvgIpc) is 4.02. The van der Waals surface area contributed by atoms with E-state index in [-0.39, 0.29) is 64.7 Å². The topological polar surface area (TPSA) is 275 Å². The molecule has 12 bridgehead atoms. The number of amides is 1. The number of fused-ring (bicyclic) bond motifs is 16. The van der Waals surface area contributed by atoms with Gasteiger partial charge in [0, 0.05) is 12.8 Å². The number of allylic oxidation sites excluding steroid dienone is 1. The van der Waals surface area contributed by atoms with E-state index in [4.69, 9.17) is 31.6 Å². The Hall–Kier alpha value is -7.22. The molecule has 7 aromatic heterocycles. The van der Waals surface area contributed by atoms with Crippen LogP contribution >= 0.6 is 0 Å². The van der Waals surface area contributed by atoms with Gasteiger partial charge in [-0.05, 0) is 12.0 Å². The van der Waals surface area contributed by atoms with Crippen LogP contribution in [0.3, 0.4) is 0 Å². The van der Waals surface area contributed by atoms with E-state index in [0.717, 1.165) is 6.39 Å². The van der Waals surface area contributed by atoms with Crippen molar-refractivity contribution in [3.05, 3.63) is 85.2 Å². The molecular weight excluding hydrogens is 724 g/mol. The fraction of sp³-hybridized carbons (Fsp3) is 0.257. The van der Waals surface area contributed by atoms with Crippen molar-refractivity contribution in [2.45, 2.75) is 32.7 Å². The second-order valence-corrected chi connectivity index (χ2v) is 12.1. The molecule has 2 N–H and O–H groups in total. The van der Waals surface area contributed by atoms with Crippen LogP contribution < -0.4 is 5.32 Å². The quantitative estimate of drug-likeness (QED) is 0.167. The third kappa shape index (κ3) is 8.08. The maximum atomic E-state index is 13.1. The summed E-state index contributed by atoms with van der Waals surface area (Å²) in [6, 6.07) is -0.581. The Morgan fingerprint density at radius 2 is 1.40 bits per heavy atom. The van der Waals surface area contributed by atoms with Gasteiger partial charge in [-0.25, -0.2) is 34.9 Å². The summed E-state index contributed by atoms with van der Waals surface area (Å²) < 4.78 is 42.5. The van der Waals surface area contributed by atoms with E-state index in [2.05, 4.69) is 49.4 Å². The highest BCUT2D eigenvalue weighted by molar-refractivity contribution is 5.96. The van der Waals surface area contributed by atoms with E-state index in [1.165, 1.54) is 51.0 Å². The van der Waals surface area contributed by atoms with Gasteiger partial charge in [0.2, 0.25) is 29.5 Å². The van der Waals surface area contributed by atoms with Crippen LogP contribution in [0.1, 0.15) is 64.8 Å². The zero-order chi connectivity index (χ0) is 38.5. The smallest absolute Gasteiger partial charge is 0.311 e. The summed E-state index contributed by atoms with van der Waals surface area (Å²) in [4.78, 5) is 65.6. The van der Waals surface area contributed by atoms with Gasteiger partial charge in [-0.2, -0.15) is 0 Å². The molecule has 55 heavy (non-hydrogen) atoms. The fourth-order valence-electron chi connectivity index (χ4n) is 5.06. The van der Waals surface area contributed by atoms with Gasteiger partial charge in [0.05, 0.1) is 19.6 Å². The van der Waals surface area contributed by atoms with Gasteiger partial charge < -0.3 is 46.1 Å². The number of nitrogens with zero attached hydrogens (tertiary/aromatic N) is 7. The van der Waals surface area contributed by atoms with E-state index in [0.29, 0.717) is 35.1 Å². The average molecular weight is 755 g/mol. The molecule has 0 saturated carbocycles.